The SMILES string of the molecule is Cc1ccc(N2C(=O)C(=O)/C(=C(/O)c3ccc(OCC(C)C)c(C)c3)C2c2c(C)[nH]c3ccccc23)cc1C. The van der Waals surface area contributed by atoms with Crippen LogP contribution in [0.4, 0.5) is 5.69 Å². The highest BCUT2D eigenvalue weighted by Crippen LogP contribution is 2.46. The molecule has 2 heterocycles. The number of amides is 1. The predicted molar refractivity (Wildman–Crippen MR) is 155 cm³/mol. The number of aromatic nitrogens is 1. The summed E-state index contributed by atoms with van der Waals surface area (Å²) < 4.78 is 5.91. The maximum Gasteiger partial charge on any atom is 0.300 e. The number of carbonyl (C=O) groups is 2. The van der Waals surface area contributed by atoms with Crippen molar-refractivity contribution in [3.63, 3.8) is 0 Å². The summed E-state index contributed by atoms with van der Waals surface area (Å²) >= 11 is 0. The highest BCUT2D eigenvalue weighted by molar-refractivity contribution is 6.52. The van der Waals surface area contributed by atoms with Crippen molar-refractivity contribution in [3.05, 3.63) is 99.7 Å². The van der Waals surface area contributed by atoms with Crippen molar-refractivity contribution in [3.8, 4) is 5.75 Å². The lowest BCUT2D eigenvalue weighted by molar-refractivity contribution is -0.132. The minimum Gasteiger partial charge on any atom is -0.507 e. The molecule has 1 amide bonds. The zero-order valence-electron chi connectivity index (χ0n) is 23.3. The van der Waals surface area contributed by atoms with E-state index in [0.717, 1.165) is 44.6 Å². The molecule has 1 aromatic heterocycles. The first-order valence-electron chi connectivity index (χ1n) is 13.3. The van der Waals surface area contributed by atoms with Crippen LogP contribution in [-0.2, 0) is 9.59 Å². The molecular weight excluding hydrogens is 488 g/mol. The molecule has 3 aromatic carbocycles. The number of aryl methyl sites for hydroxylation is 4. The van der Waals surface area contributed by atoms with Crippen LogP contribution in [0.15, 0.2) is 66.2 Å². The van der Waals surface area contributed by atoms with Gasteiger partial charge in [-0.2, -0.15) is 0 Å². The summed E-state index contributed by atoms with van der Waals surface area (Å²) in [4.78, 5) is 32.3. The Bertz CT molecular complexity index is 1640. The van der Waals surface area contributed by atoms with Gasteiger partial charge in [-0.05, 0) is 86.7 Å². The molecule has 6 nitrogen and oxygen atoms in total. The third-order valence-electron chi connectivity index (χ3n) is 7.45. The molecular formula is C33H34N2O4. The van der Waals surface area contributed by atoms with Crippen molar-refractivity contribution < 1.29 is 19.4 Å². The Morgan fingerprint density at radius 3 is 2.38 bits per heavy atom. The van der Waals surface area contributed by atoms with E-state index in [1.54, 1.807) is 18.2 Å². The number of carbonyl (C=O) groups excluding carboxylic acids is 2. The quantitative estimate of drug-likeness (QED) is 0.161. The van der Waals surface area contributed by atoms with E-state index in [4.69, 9.17) is 4.74 Å². The van der Waals surface area contributed by atoms with E-state index in [0.29, 0.717) is 23.8 Å². The normalized spacial score (nSPS) is 17.0. The molecule has 6 heteroatoms. The highest BCUT2D eigenvalue weighted by Gasteiger charge is 2.48. The molecule has 0 bridgehead atoms. The van der Waals surface area contributed by atoms with E-state index in [1.165, 1.54) is 4.90 Å². The molecule has 0 aliphatic carbocycles. The van der Waals surface area contributed by atoms with Crippen molar-refractivity contribution in [2.24, 2.45) is 5.92 Å². The first-order valence-corrected chi connectivity index (χ1v) is 13.3. The minimum atomic E-state index is -0.805. The fourth-order valence-corrected chi connectivity index (χ4v) is 5.27. The average molecular weight is 523 g/mol. The van der Waals surface area contributed by atoms with Crippen LogP contribution in [-0.4, -0.2) is 28.4 Å². The second kappa shape index (κ2) is 10.1. The van der Waals surface area contributed by atoms with Crippen LogP contribution < -0.4 is 9.64 Å². The van der Waals surface area contributed by atoms with Crippen molar-refractivity contribution in [1.82, 2.24) is 4.98 Å². The number of hydrogen-bond acceptors (Lipinski definition) is 4. The maximum absolute atomic E-state index is 13.7. The topological polar surface area (TPSA) is 82.6 Å². The number of ketones is 1. The van der Waals surface area contributed by atoms with Crippen molar-refractivity contribution >= 4 is 34.0 Å². The Balaban J connectivity index is 1.72. The van der Waals surface area contributed by atoms with Gasteiger partial charge in [0.05, 0.1) is 18.2 Å². The Labute approximate surface area is 228 Å². The Morgan fingerprint density at radius 1 is 0.949 bits per heavy atom. The molecule has 2 N–H and O–H groups in total. The van der Waals surface area contributed by atoms with Crippen LogP contribution in [0.3, 0.4) is 0 Å². The van der Waals surface area contributed by atoms with Gasteiger partial charge in [-0.15, -0.1) is 0 Å². The van der Waals surface area contributed by atoms with Gasteiger partial charge in [0, 0.05) is 33.4 Å². The van der Waals surface area contributed by atoms with Crippen molar-refractivity contribution in [2.45, 2.75) is 47.6 Å². The lowest BCUT2D eigenvalue weighted by Gasteiger charge is -2.26. The van der Waals surface area contributed by atoms with Crippen molar-refractivity contribution in [1.29, 1.82) is 0 Å². The lowest BCUT2D eigenvalue weighted by Crippen LogP contribution is -2.29. The van der Waals surface area contributed by atoms with E-state index in [-0.39, 0.29) is 11.3 Å². The molecule has 39 heavy (non-hydrogen) atoms. The number of para-hydroxylation sites is 1. The number of nitrogens with zero attached hydrogens (tertiary/aromatic N) is 1. The van der Waals surface area contributed by atoms with Crippen LogP contribution >= 0.6 is 0 Å². The molecule has 4 aromatic rings. The van der Waals surface area contributed by atoms with Gasteiger partial charge in [0.25, 0.3) is 11.7 Å². The largest absolute Gasteiger partial charge is 0.507 e. The summed E-state index contributed by atoms with van der Waals surface area (Å²) in [7, 11) is 0. The molecule has 1 atom stereocenters. The van der Waals surface area contributed by atoms with E-state index in [9.17, 15) is 14.7 Å². The standard InChI is InChI=1S/C33H34N2O4/c1-18(2)17-39-27-14-12-23(15-21(27)5)31(36)29-30(28-22(6)34-26-10-8-7-9-25(26)28)35(33(38)32(29)37)24-13-11-19(3)20(4)16-24/h7-16,18,30,34,36H,17H2,1-6H3/b31-29+. The minimum absolute atomic E-state index is 0.0707. The molecule has 0 saturated carbocycles. The third kappa shape index (κ3) is 4.60. The first-order chi connectivity index (χ1) is 18.6. The highest BCUT2D eigenvalue weighted by atomic mass is 16.5. The van der Waals surface area contributed by atoms with E-state index in [1.807, 2.05) is 70.2 Å². The molecule has 200 valence electrons. The van der Waals surface area contributed by atoms with Gasteiger partial charge >= 0.3 is 0 Å². The number of aliphatic hydroxyl groups excluding tert-OH is 1. The summed E-state index contributed by atoms with van der Waals surface area (Å²) in [5.74, 6) is -0.479. The molecule has 1 aliphatic heterocycles. The maximum atomic E-state index is 13.7. The number of benzene rings is 3. The third-order valence-corrected chi connectivity index (χ3v) is 7.45. The number of ether oxygens (including phenoxy) is 1. The molecule has 5 rings (SSSR count). The number of aromatic amines is 1. The van der Waals surface area contributed by atoms with E-state index >= 15 is 0 Å². The monoisotopic (exact) mass is 522 g/mol. The van der Waals surface area contributed by atoms with Gasteiger partial charge in [-0.3, -0.25) is 14.5 Å². The van der Waals surface area contributed by atoms with Crippen LogP contribution in [0.25, 0.3) is 16.7 Å². The van der Waals surface area contributed by atoms with Crippen LogP contribution in [0.1, 0.15) is 53.4 Å². The average Bonchev–Trinajstić information content (AvgIpc) is 3.36. The van der Waals surface area contributed by atoms with Crippen LogP contribution in [0, 0.1) is 33.6 Å². The zero-order chi connectivity index (χ0) is 28.0. The molecule has 1 saturated heterocycles. The van der Waals surface area contributed by atoms with Crippen LogP contribution in [0.2, 0.25) is 0 Å². The van der Waals surface area contributed by atoms with E-state index < -0.39 is 17.7 Å². The number of Topliss-reactive ketones (excluding diaryl/α,β-unsaturated/α-hetero) is 1. The van der Waals surface area contributed by atoms with E-state index in [2.05, 4.69) is 18.8 Å². The molecule has 1 unspecified atom stereocenters. The zero-order valence-corrected chi connectivity index (χ0v) is 23.3. The fourth-order valence-electron chi connectivity index (χ4n) is 5.27. The Hall–Kier alpha value is -4.32. The summed E-state index contributed by atoms with van der Waals surface area (Å²) in [5.41, 5.74) is 6.60. The second-order valence-electron chi connectivity index (χ2n) is 10.8. The smallest absolute Gasteiger partial charge is 0.300 e. The molecule has 0 spiro atoms. The number of anilines is 1. The number of nitrogens with one attached hydrogen (secondary N) is 1. The number of fused-ring (bicyclic) bond motifs is 1. The lowest BCUT2D eigenvalue weighted by atomic mass is 9.92. The predicted octanol–water partition coefficient (Wildman–Crippen LogP) is 7.06. The summed E-state index contributed by atoms with van der Waals surface area (Å²) in [5, 5.41) is 12.6. The first kappa shape index (κ1) is 26.3. The number of aliphatic hydroxyl groups is 1. The molecule has 1 fully saturated rings. The van der Waals surface area contributed by atoms with Gasteiger partial charge < -0.3 is 14.8 Å². The summed E-state index contributed by atoms with van der Waals surface area (Å²) in [6.07, 6.45) is 0. The summed E-state index contributed by atoms with van der Waals surface area (Å²) in [6.45, 7) is 12.6. The van der Waals surface area contributed by atoms with Gasteiger partial charge in [0.2, 0.25) is 0 Å². The Kier molecular flexibility index (Phi) is 6.81. The summed E-state index contributed by atoms with van der Waals surface area (Å²) in [6, 6.07) is 18.1. The van der Waals surface area contributed by atoms with Gasteiger partial charge in [-0.25, -0.2) is 0 Å². The number of rotatable bonds is 6. The second-order valence-corrected chi connectivity index (χ2v) is 10.8. The Morgan fingerprint density at radius 2 is 1.69 bits per heavy atom. The number of hydrogen-bond donors (Lipinski definition) is 2. The number of H-pyrrole nitrogens is 1. The van der Waals surface area contributed by atoms with Gasteiger partial charge in [-0.1, -0.05) is 38.1 Å². The van der Waals surface area contributed by atoms with Crippen LogP contribution in [0.5, 0.6) is 5.75 Å². The van der Waals surface area contributed by atoms with Crippen molar-refractivity contribution in [2.75, 3.05) is 11.5 Å². The van der Waals surface area contributed by atoms with Gasteiger partial charge in [0.15, 0.2) is 0 Å². The van der Waals surface area contributed by atoms with Gasteiger partial charge in [0.1, 0.15) is 11.5 Å². The molecule has 1 aliphatic rings. The fraction of sp³-hybridized carbons (Fsp3) is 0.273. The molecule has 0 radical (unpaired) electrons.